The highest BCUT2D eigenvalue weighted by molar-refractivity contribution is 7.88. The molecule has 0 aliphatic rings. The summed E-state index contributed by atoms with van der Waals surface area (Å²) in [5.74, 6) is 0. The van der Waals surface area contributed by atoms with E-state index in [0.717, 1.165) is 0 Å². The second kappa shape index (κ2) is 2.27. The molecule has 0 heterocycles. The molecule has 0 aromatic heterocycles. The Morgan fingerprint density at radius 1 is 1.33 bits per heavy atom. The Hall–Kier alpha value is -0.0831. The molecule has 0 atom stereocenters. The predicted molar refractivity (Wildman–Crippen MR) is 26.0 cm³/mol. The van der Waals surface area contributed by atoms with Gasteiger partial charge in [0.2, 0.25) is 0 Å². The van der Waals surface area contributed by atoms with Gasteiger partial charge in [-0.05, 0) is 0 Å². The second-order valence-corrected chi connectivity index (χ2v) is 3.77. The average Bonchev–Trinajstić information content (AvgIpc) is 1.64. The van der Waals surface area contributed by atoms with Gasteiger partial charge >= 0.3 is 15.6 Å². The van der Waals surface area contributed by atoms with E-state index in [4.69, 9.17) is 0 Å². The maximum absolute atomic E-state index is 11.1. The van der Waals surface area contributed by atoms with Crippen LogP contribution in [0.5, 0.6) is 0 Å². The summed E-state index contributed by atoms with van der Waals surface area (Å²) in [7, 11) is -5.75. The van der Waals surface area contributed by atoms with E-state index in [2.05, 4.69) is 3.87 Å². The maximum Gasteiger partial charge on any atom is 0.522 e. The van der Waals surface area contributed by atoms with E-state index in [9.17, 15) is 21.6 Å². The fourth-order valence-corrected chi connectivity index (χ4v) is 0.850. The van der Waals surface area contributed by atoms with Crippen LogP contribution in [0.1, 0.15) is 0 Å². The van der Waals surface area contributed by atoms with E-state index in [-0.39, 0.29) is 0 Å². The van der Waals surface area contributed by atoms with Crippen molar-refractivity contribution in [2.24, 2.45) is 0 Å². The summed E-state index contributed by atoms with van der Waals surface area (Å²) in [5, 5.41) is 0. The van der Waals surface area contributed by atoms with Crippen LogP contribution in [-0.2, 0) is 14.0 Å². The van der Waals surface area contributed by atoms with Gasteiger partial charge in [-0.2, -0.15) is 21.6 Å². The van der Waals surface area contributed by atoms with Crippen LogP contribution in [-0.4, -0.2) is 24.4 Å². The number of halogens is 3. The maximum atomic E-state index is 11.1. The van der Waals surface area contributed by atoms with E-state index >= 15 is 0 Å². The third kappa shape index (κ3) is 1.95. The number of alkyl halides is 3. The van der Waals surface area contributed by atoms with Gasteiger partial charge in [0.25, 0.3) is 0 Å². The van der Waals surface area contributed by atoms with Gasteiger partial charge in [-0.3, -0.25) is 0 Å². The molecule has 0 aromatic rings. The summed E-state index contributed by atoms with van der Waals surface area (Å²) in [4.78, 5) is 0. The standard InChI is InChI=1S/CH3F3O3SSi/c2-1(3,4)8(5,6)7-9/h9H3. The van der Waals surface area contributed by atoms with Crippen LogP contribution in [0.4, 0.5) is 13.2 Å². The molecule has 8 heteroatoms. The molecule has 0 rings (SSSR count). The highest BCUT2D eigenvalue weighted by Gasteiger charge is 2.45. The minimum absolute atomic E-state index is 0.480. The lowest BCUT2D eigenvalue weighted by Gasteiger charge is -2.03. The van der Waals surface area contributed by atoms with Crippen molar-refractivity contribution in [1.82, 2.24) is 0 Å². The van der Waals surface area contributed by atoms with Crippen molar-refractivity contribution in [3.8, 4) is 0 Å². The first-order valence-corrected chi connectivity index (χ1v) is 3.90. The fraction of sp³-hybridized carbons (Fsp3) is 1.00. The number of hydrogen-bond donors (Lipinski definition) is 0. The smallest absolute Gasteiger partial charge is 0.320 e. The first-order chi connectivity index (χ1) is 3.81. The third-order valence-electron chi connectivity index (χ3n) is 0.503. The molecule has 0 fully saturated rings. The minimum Gasteiger partial charge on any atom is -0.320 e. The zero-order chi connectivity index (χ0) is 7.71. The average molecular weight is 180 g/mol. The van der Waals surface area contributed by atoms with Crippen molar-refractivity contribution in [2.45, 2.75) is 5.51 Å². The second-order valence-electron chi connectivity index (χ2n) is 1.07. The zero-order valence-corrected chi connectivity index (χ0v) is 7.08. The Balaban J connectivity index is 4.57. The van der Waals surface area contributed by atoms with Gasteiger partial charge in [-0.25, -0.2) is 0 Å². The molecule has 0 spiro atoms. The predicted octanol–water partition coefficient (Wildman–Crippen LogP) is -0.867. The Morgan fingerprint density at radius 2 is 1.67 bits per heavy atom. The summed E-state index contributed by atoms with van der Waals surface area (Å²) in [5.41, 5.74) is -5.27. The van der Waals surface area contributed by atoms with Crippen molar-refractivity contribution < 1.29 is 25.5 Å². The molecular weight excluding hydrogens is 177 g/mol. The van der Waals surface area contributed by atoms with Crippen LogP contribution in [0.3, 0.4) is 0 Å². The lowest BCUT2D eigenvalue weighted by Crippen LogP contribution is -2.24. The largest absolute Gasteiger partial charge is 0.522 e. The molecule has 0 saturated heterocycles. The quantitative estimate of drug-likeness (QED) is 0.389. The fourth-order valence-electron chi connectivity index (χ4n) is 0.0945. The van der Waals surface area contributed by atoms with Crippen LogP contribution in [0.15, 0.2) is 0 Å². The van der Waals surface area contributed by atoms with E-state index in [1.165, 1.54) is 0 Å². The SMILES string of the molecule is O=S(=O)(O[SiH3])C(F)(F)F. The van der Waals surface area contributed by atoms with Crippen molar-refractivity contribution in [1.29, 1.82) is 0 Å². The summed E-state index contributed by atoms with van der Waals surface area (Å²) in [6, 6.07) is 0. The summed E-state index contributed by atoms with van der Waals surface area (Å²) in [6.07, 6.45) is 0. The lowest BCUT2D eigenvalue weighted by atomic mass is 11.6. The molecule has 0 amide bonds. The Morgan fingerprint density at radius 3 is 1.67 bits per heavy atom. The van der Waals surface area contributed by atoms with E-state index in [0.29, 0.717) is 0 Å². The normalized spacial score (nSPS) is 14.1. The van der Waals surface area contributed by atoms with Gasteiger partial charge in [-0.15, -0.1) is 0 Å². The Bertz CT molecular complexity index is 180. The molecule has 56 valence electrons. The topological polar surface area (TPSA) is 43.4 Å². The van der Waals surface area contributed by atoms with Gasteiger partial charge in [0, 0.05) is 0 Å². The van der Waals surface area contributed by atoms with Crippen LogP contribution >= 0.6 is 0 Å². The molecule has 0 bridgehead atoms. The molecule has 0 aromatic carbocycles. The van der Waals surface area contributed by atoms with Gasteiger partial charge in [0.15, 0.2) is 10.5 Å². The number of hydrogen-bond acceptors (Lipinski definition) is 3. The molecule has 0 N–H and O–H groups in total. The van der Waals surface area contributed by atoms with Gasteiger partial charge in [0.05, 0.1) is 0 Å². The molecule has 0 saturated carbocycles. The molecule has 0 radical (unpaired) electrons. The molecule has 0 aliphatic heterocycles. The Labute approximate surface area is 52.5 Å². The highest BCUT2D eigenvalue weighted by Crippen LogP contribution is 2.23. The molecule has 9 heavy (non-hydrogen) atoms. The highest BCUT2D eigenvalue weighted by atomic mass is 32.2. The van der Waals surface area contributed by atoms with Crippen LogP contribution in [0.25, 0.3) is 0 Å². The zero-order valence-electron chi connectivity index (χ0n) is 4.27. The third-order valence-corrected chi connectivity index (χ3v) is 2.83. The Kier molecular flexibility index (Phi) is 2.25. The summed E-state index contributed by atoms with van der Waals surface area (Å²) < 4.78 is 56.1. The molecule has 0 unspecified atom stereocenters. The van der Waals surface area contributed by atoms with Crippen molar-refractivity contribution >= 4 is 20.6 Å². The summed E-state index contributed by atoms with van der Waals surface area (Å²) in [6.45, 7) is 0. The summed E-state index contributed by atoms with van der Waals surface area (Å²) >= 11 is 0. The van der Waals surface area contributed by atoms with E-state index in [1.54, 1.807) is 0 Å². The lowest BCUT2D eigenvalue weighted by molar-refractivity contribution is -0.0497. The van der Waals surface area contributed by atoms with E-state index in [1.807, 2.05) is 0 Å². The van der Waals surface area contributed by atoms with Crippen molar-refractivity contribution in [3.63, 3.8) is 0 Å². The van der Waals surface area contributed by atoms with E-state index < -0.39 is 26.1 Å². The van der Waals surface area contributed by atoms with Crippen LogP contribution < -0.4 is 0 Å². The van der Waals surface area contributed by atoms with Gasteiger partial charge < -0.3 is 3.87 Å². The van der Waals surface area contributed by atoms with Crippen molar-refractivity contribution in [2.75, 3.05) is 0 Å². The number of rotatable bonds is 1. The van der Waals surface area contributed by atoms with Gasteiger partial charge in [0.1, 0.15) is 0 Å². The van der Waals surface area contributed by atoms with Gasteiger partial charge in [-0.1, -0.05) is 0 Å². The van der Waals surface area contributed by atoms with Crippen molar-refractivity contribution in [3.05, 3.63) is 0 Å². The monoisotopic (exact) mass is 180 g/mol. The first kappa shape index (κ1) is 8.92. The minimum atomic E-state index is -5.27. The van der Waals surface area contributed by atoms with Crippen LogP contribution in [0, 0.1) is 0 Å². The molecule has 0 aliphatic carbocycles. The molecular formula is CH3F3O3SSi. The first-order valence-electron chi connectivity index (χ1n) is 1.68. The van der Waals surface area contributed by atoms with Crippen LogP contribution in [0.2, 0.25) is 0 Å². The molecule has 3 nitrogen and oxygen atoms in total.